The molecule has 0 spiro atoms. The molecule has 0 unspecified atom stereocenters. The molecule has 0 saturated heterocycles. The highest BCUT2D eigenvalue weighted by molar-refractivity contribution is 5.88. The van der Waals surface area contributed by atoms with Gasteiger partial charge in [-0.25, -0.2) is 0 Å². The summed E-state index contributed by atoms with van der Waals surface area (Å²) in [5.74, 6) is 1.19. The highest BCUT2D eigenvalue weighted by Crippen LogP contribution is 2.33. The molecule has 174 valence electrons. The Kier molecular flexibility index (Phi) is 6.23. The average molecular weight is 458 g/mol. The van der Waals surface area contributed by atoms with E-state index in [1.54, 1.807) is 0 Å². The topological polar surface area (TPSA) is 69.9 Å². The Bertz CT molecular complexity index is 1310. The number of carbonyl (C=O) groups is 1. The minimum Gasteiger partial charge on any atom is -0.493 e. The van der Waals surface area contributed by atoms with Crippen LogP contribution in [0.2, 0.25) is 0 Å². The Morgan fingerprint density at radius 2 is 1.91 bits per heavy atom. The Morgan fingerprint density at radius 1 is 1.09 bits per heavy atom. The van der Waals surface area contributed by atoms with E-state index >= 15 is 0 Å². The van der Waals surface area contributed by atoms with E-state index < -0.39 is 5.97 Å². The minimum absolute atomic E-state index is 0.0103. The molecule has 1 atom stereocenters. The van der Waals surface area contributed by atoms with Crippen molar-refractivity contribution in [1.82, 2.24) is 4.57 Å². The largest absolute Gasteiger partial charge is 0.493 e. The fraction of sp³-hybridized carbons (Fsp3) is 0.250. The van der Waals surface area contributed by atoms with Gasteiger partial charge in [-0.2, -0.15) is 0 Å². The number of para-hydroxylation sites is 1. The lowest BCUT2D eigenvalue weighted by atomic mass is 10.0. The molecule has 0 radical (unpaired) electrons. The van der Waals surface area contributed by atoms with Gasteiger partial charge in [0, 0.05) is 16.6 Å². The van der Waals surface area contributed by atoms with Crippen LogP contribution in [0.3, 0.4) is 0 Å². The lowest BCUT2D eigenvalue weighted by Crippen LogP contribution is -2.11. The number of hydrogen-bond acceptors (Lipinski definition) is 4. The Balaban J connectivity index is 1.16. The van der Waals surface area contributed by atoms with Crippen LogP contribution in [0.1, 0.15) is 28.3 Å². The molecule has 1 aliphatic heterocycles. The van der Waals surface area contributed by atoms with E-state index in [9.17, 15) is 9.90 Å². The molecular weight excluding hydrogens is 430 g/mol. The molecule has 2 heterocycles. The van der Waals surface area contributed by atoms with Crippen molar-refractivity contribution < 1.29 is 24.1 Å². The molecule has 0 fully saturated rings. The number of rotatable bonds is 9. The van der Waals surface area contributed by atoms with Gasteiger partial charge in [0.05, 0.1) is 37.7 Å². The molecule has 0 saturated carbocycles. The summed E-state index contributed by atoms with van der Waals surface area (Å²) < 4.78 is 19.8. The van der Waals surface area contributed by atoms with Gasteiger partial charge >= 0.3 is 5.97 Å². The van der Waals surface area contributed by atoms with Crippen LogP contribution in [0.5, 0.6) is 11.5 Å². The summed E-state index contributed by atoms with van der Waals surface area (Å²) in [6.07, 6.45) is 0.0103. The monoisotopic (exact) mass is 457 g/mol. The van der Waals surface area contributed by atoms with Crippen LogP contribution in [0.4, 0.5) is 0 Å². The van der Waals surface area contributed by atoms with Crippen molar-refractivity contribution in [2.45, 2.75) is 32.6 Å². The Labute approximate surface area is 198 Å². The van der Waals surface area contributed by atoms with Crippen molar-refractivity contribution >= 4 is 16.9 Å². The van der Waals surface area contributed by atoms with Crippen molar-refractivity contribution in [1.29, 1.82) is 0 Å². The summed E-state index contributed by atoms with van der Waals surface area (Å²) in [7, 11) is 0. The third kappa shape index (κ3) is 4.63. The number of carboxylic acid groups (broad SMARTS) is 1. The number of ether oxygens (including phenoxy) is 3. The number of benzene rings is 3. The van der Waals surface area contributed by atoms with Gasteiger partial charge in [-0.1, -0.05) is 42.5 Å². The number of aliphatic carboxylic acids is 1. The van der Waals surface area contributed by atoms with Crippen LogP contribution >= 0.6 is 0 Å². The van der Waals surface area contributed by atoms with Crippen molar-refractivity contribution in [3.05, 3.63) is 95.2 Å². The number of aromatic nitrogens is 1. The maximum atomic E-state index is 11.2. The van der Waals surface area contributed by atoms with E-state index in [1.807, 2.05) is 73.7 Å². The number of aryl methyl sites for hydroxylation is 1. The minimum atomic E-state index is -0.831. The van der Waals surface area contributed by atoms with Crippen LogP contribution in [0, 0.1) is 6.92 Å². The quantitative estimate of drug-likeness (QED) is 0.369. The summed E-state index contributed by atoms with van der Waals surface area (Å²) in [4.78, 5) is 11.2. The van der Waals surface area contributed by atoms with Crippen LogP contribution in [0.25, 0.3) is 10.9 Å². The van der Waals surface area contributed by atoms with Gasteiger partial charge in [-0.05, 0) is 48.4 Å². The molecule has 5 rings (SSSR count). The lowest BCUT2D eigenvalue weighted by molar-refractivity contribution is -0.136. The van der Waals surface area contributed by atoms with Crippen molar-refractivity contribution in [2.24, 2.45) is 0 Å². The third-order valence-electron chi connectivity index (χ3n) is 6.25. The first-order valence-corrected chi connectivity index (χ1v) is 11.4. The molecule has 6 heteroatoms. The maximum absolute atomic E-state index is 11.2. The van der Waals surface area contributed by atoms with Crippen molar-refractivity contribution in [3.8, 4) is 11.5 Å². The first-order valence-electron chi connectivity index (χ1n) is 11.4. The molecule has 1 aliphatic rings. The Hall–Kier alpha value is -3.77. The second-order valence-corrected chi connectivity index (χ2v) is 8.61. The van der Waals surface area contributed by atoms with E-state index in [-0.39, 0.29) is 12.3 Å². The lowest BCUT2D eigenvalue weighted by Gasteiger charge is -2.12. The fourth-order valence-corrected chi connectivity index (χ4v) is 4.47. The summed E-state index contributed by atoms with van der Waals surface area (Å²) in [6, 6.07) is 23.9. The van der Waals surface area contributed by atoms with Gasteiger partial charge < -0.3 is 23.9 Å². The maximum Gasteiger partial charge on any atom is 0.307 e. The first kappa shape index (κ1) is 22.0. The smallest absolute Gasteiger partial charge is 0.307 e. The van der Waals surface area contributed by atoms with Gasteiger partial charge in [-0.15, -0.1) is 0 Å². The van der Waals surface area contributed by atoms with Gasteiger partial charge in [0.1, 0.15) is 18.2 Å². The van der Waals surface area contributed by atoms with Gasteiger partial charge in [0.2, 0.25) is 0 Å². The highest BCUT2D eigenvalue weighted by Gasteiger charge is 2.24. The van der Waals surface area contributed by atoms with E-state index in [1.165, 1.54) is 5.56 Å². The molecule has 0 bridgehead atoms. The summed E-state index contributed by atoms with van der Waals surface area (Å²) in [5.41, 5.74) is 5.10. The highest BCUT2D eigenvalue weighted by atomic mass is 16.5. The zero-order valence-electron chi connectivity index (χ0n) is 19.1. The van der Waals surface area contributed by atoms with Crippen LogP contribution in [0.15, 0.2) is 72.8 Å². The second kappa shape index (κ2) is 9.61. The van der Waals surface area contributed by atoms with E-state index in [0.29, 0.717) is 26.6 Å². The fourth-order valence-electron chi connectivity index (χ4n) is 4.47. The van der Waals surface area contributed by atoms with E-state index in [2.05, 4.69) is 10.6 Å². The number of nitrogens with zero attached hydrogens (tertiary/aromatic N) is 1. The third-order valence-corrected chi connectivity index (χ3v) is 6.25. The van der Waals surface area contributed by atoms with E-state index in [0.717, 1.165) is 39.2 Å². The molecule has 1 N–H and O–H groups in total. The summed E-state index contributed by atoms with van der Waals surface area (Å²) in [6.45, 7) is 4.10. The number of fused-ring (bicyclic) bond motifs is 2. The zero-order chi connectivity index (χ0) is 23.5. The molecular formula is C28H27NO5. The average Bonchev–Trinajstić information content (AvgIpc) is 3.39. The number of carboxylic acids is 1. The molecule has 34 heavy (non-hydrogen) atoms. The van der Waals surface area contributed by atoms with E-state index in [4.69, 9.17) is 14.2 Å². The van der Waals surface area contributed by atoms with Gasteiger partial charge in [-0.3, -0.25) is 4.79 Å². The van der Waals surface area contributed by atoms with Gasteiger partial charge in [0.15, 0.2) is 0 Å². The van der Waals surface area contributed by atoms with Crippen molar-refractivity contribution in [2.75, 3.05) is 13.2 Å². The predicted molar refractivity (Wildman–Crippen MR) is 129 cm³/mol. The molecule has 1 aromatic heterocycles. The molecule has 0 amide bonds. The summed E-state index contributed by atoms with van der Waals surface area (Å²) in [5, 5.41) is 10.1. The second-order valence-electron chi connectivity index (χ2n) is 8.61. The number of hydrogen-bond donors (Lipinski definition) is 1. The van der Waals surface area contributed by atoms with Crippen LogP contribution in [-0.4, -0.2) is 28.9 Å². The van der Waals surface area contributed by atoms with Crippen LogP contribution in [-0.2, 0) is 29.3 Å². The zero-order valence-corrected chi connectivity index (χ0v) is 19.1. The molecule has 0 aliphatic carbocycles. The predicted octanol–water partition coefficient (Wildman–Crippen LogP) is 5.31. The normalized spacial score (nSPS) is 14.7. The standard InChI is InChI=1S/C28H27NO5/c1-19-13-25-21(14-28(30)31)5-4-7-26(25)29(19)18-32-15-20-9-11-23(12-10-20)33-16-22-17-34-27-8-3-2-6-24(22)27/h2-13,22H,14-18H2,1H3,(H,30,31)/t22-/m0/s1. The van der Waals surface area contributed by atoms with Crippen LogP contribution < -0.4 is 9.47 Å². The molecule has 6 nitrogen and oxygen atoms in total. The Morgan fingerprint density at radius 3 is 2.74 bits per heavy atom. The first-order chi connectivity index (χ1) is 16.6. The molecule has 4 aromatic rings. The SMILES string of the molecule is Cc1cc2c(CC(=O)O)cccc2n1COCc1ccc(OC[C@H]2COc3ccccc32)cc1. The summed E-state index contributed by atoms with van der Waals surface area (Å²) >= 11 is 0. The van der Waals surface area contributed by atoms with Crippen molar-refractivity contribution in [3.63, 3.8) is 0 Å². The molecule has 3 aromatic carbocycles. The van der Waals surface area contributed by atoms with Gasteiger partial charge in [0.25, 0.3) is 0 Å².